The van der Waals surface area contributed by atoms with Gasteiger partial charge in [-0.1, -0.05) is 50.3 Å². The van der Waals surface area contributed by atoms with Gasteiger partial charge in [0.2, 0.25) is 0 Å². The molecule has 2 amide bonds. The van der Waals surface area contributed by atoms with Gasteiger partial charge in [-0.05, 0) is 73.4 Å². The molecule has 2 aliphatic rings. The Morgan fingerprint density at radius 3 is 2.29 bits per heavy atom. The van der Waals surface area contributed by atoms with Crippen molar-refractivity contribution < 1.29 is 14.8 Å². The summed E-state index contributed by atoms with van der Waals surface area (Å²) in [6.45, 7) is 11.0. The van der Waals surface area contributed by atoms with Gasteiger partial charge >= 0.3 is 0 Å². The van der Waals surface area contributed by atoms with Gasteiger partial charge in [-0.15, -0.1) is 0 Å². The standard InChI is InChI=1S/C29H37N3O3/c1-20-17-31(18-21(2)32(20)19-22-9-11-24(12-10-22)27(33)30-35)28(34)26-8-6-5-7-25(26)23-13-15-29(3,4)16-14-23/h5-13,20-21,35H,14-19H2,1-4H3,(H,30,33)/t20-,21+. The lowest BCUT2D eigenvalue weighted by atomic mass is 9.76. The monoisotopic (exact) mass is 475 g/mol. The molecule has 0 aromatic heterocycles. The summed E-state index contributed by atoms with van der Waals surface area (Å²) in [4.78, 5) is 29.7. The highest BCUT2D eigenvalue weighted by atomic mass is 16.5. The van der Waals surface area contributed by atoms with E-state index < -0.39 is 5.91 Å². The third-order valence-corrected chi connectivity index (χ3v) is 7.55. The van der Waals surface area contributed by atoms with Crippen LogP contribution in [0.1, 0.15) is 78.8 Å². The lowest BCUT2D eigenvalue weighted by molar-refractivity contribution is 0.0269. The van der Waals surface area contributed by atoms with Gasteiger partial charge in [0.1, 0.15) is 0 Å². The second-order valence-corrected chi connectivity index (χ2v) is 10.9. The summed E-state index contributed by atoms with van der Waals surface area (Å²) >= 11 is 0. The number of amides is 2. The number of allylic oxidation sites excluding steroid dienone is 2. The smallest absolute Gasteiger partial charge is 0.274 e. The predicted molar refractivity (Wildman–Crippen MR) is 138 cm³/mol. The molecule has 1 fully saturated rings. The van der Waals surface area contributed by atoms with Gasteiger partial charge in [-0.25, -0.2) is 5.48 Å². The number of nitrogens with zero attached hydrogens (tertiary/aromatic N) is 2. The Kier molecular flexibility index (Phi) is 7.43. The Bertz CT molecular complexity index is 1090. The van der Waals surface area contributed by atoms with Crippen LogP contribution in [0.4, 0.5) is 0 Å². The molecule has 1 saturated heterocycles. The first-order chi connectivity index (χ1) is 16.7. The van der Waals surface area contributed by atoms with Crippen LogP contribution in [0.15, 0.2) is 54.6 Å². The minimum Gasteiger partial charge on any atom is -0.336 e. The molecule has 0 spiro atoms. The molecule has 2 aromatic carbocycles. The van der Waals surface area contributed by atoms with E-state index in [4.69, 9.17) is 5.21 Å². The van der Waals surface area contributed by atoms with Gasteiger partial charge in [0.05, 0.1) is 0 Å². The highest BCUT2D eigenvalue weighted by Crippen LogP contribution is 2.39. The van der Waals surface area contributed by atoms with Crippen LogP contribution in [0.3, 0.4) is 0 Å². The normalized spacial score (nSPS) is 22.4. The molecule has 4 rings (SSSR count). The van der Waals surface area contributed by atoms with Crippen LogP contribution < -0.4 is 5.48 Å². The first kappa shape index (κ1) is 25.1. The number of benzene rings is 2. The Hall–Kier alpha value is -2.96. The van der Waals surface area contributed by atoms with Gasteiger partial charge in [0.25, 0.3) is 11.8 Å². The van der Waals surface area contributed by atoms with Gasteiger partial charge in [0, 0.05) is 42.8 Å². The lowest BCUT2D eigenvalue weighted by Crippen LogP contribution is -2.57. The van der Waals surface area contributed by atoms with Crippen molar-refractivity contribution in [2.24, 2.45) is 5.41 Å². The summed E-state index contributed by atoms with van der Waals surface area (Å²) in [5, 5.41) is 8.81. The number of carbonyl (C=O) groups is 2. The second-order valence-electron chi connectivity index (χ2n) is 10.9. The summed E-state index contributed by atoms with van der Waals surface area (Å²) < 4.78 is 0. The zero-order chi connectivity index (χ0) is 25.2. The molecule has 2 aromatic rings. The van der Waals surface area contributed by atoms with Gasteiger partial charge in [-0.2, -0.15) is 0 Å². The summed E-state index contributed by atoms with van der Waals surface area (Å²) in [7, 11) is 0. The number of carbonyl (C=O) groups excluding carboxylic acids is 2. The number of piperazine rings is 1. The molecule has 1 aliphatic heterocycles. The Morgan fingerprint density at radius 1 is 1.03 bits per heavy atom. The molecule has 1 heterocycles. The summed E-state index contributed by atoms with van der Waals surface area (Å²) in [5.41, 5.74) is 6.70. The molecular formula is C29H37N3O3. The number of rotatable bonds is 5. The van der Waals surface area contributed by atoms with Crippen molar-refractivity contribution in [2.45, 2.75) is 65.6 Å². The van der Waals surface area contributed by atoms with E-state index in [-0.39, 0.29) is 18.0 Å². The van der Waals surface area contributed by atoms with Crippen LogP contribution in [0.25, 0.3) is 5.57 Å². The van der Waals surface area contributed by atoms with E-state index in [2.05, 4.69) is 44.7 Å². The molecule has 6 nitrogen and oxygen atoms in total. The molecule has 0 unspecified atom stereocenters. The van der Waals surface area contributed by atoms with E-state index in [1.807, 2.05) is 35.2 Å². The second kappa shape index (κ2) is 10.3. The van der Waals surface area contributed by atoms with Crippen molar-refractivity contribution in [1.82, 2.24) is 15.3 Å². The summed E-state index contributed by atoms with van der Waals surface area (Å²) in [6.07, 6.45) is 5.52. The highest BCUT2D eigenvalue weighted by Gasteiger charge is 2.33. The average Bonchev–Trinajstić information content (AvgIpc) is 2.85. The van der Waals surface area contributed by atoms with Crippen molar-refractivity contribution >= 4 is 17.4 Å². The molecule has 0 saturated carbocycles. The molecule has 35 heavy (non-hydrogen) atoms. The average molecular weight is 476 g/mol. The summed E-state index contributed by atoms with van der Waals surface area (Å²) in [5.74, 6) is -0.401. The molecule has 186 valence electrons. The third kappa shape index (κ3) is 5.65. The minimum atomic E-state index is -0.515. The SMILES string of the molecule is C[C@@H]1CN(C(=O)c2ccccc2C2=CCC(C)(C)CC2)C[C@H](C)N1Cc1ccc(C(=O)NO)cc1. The van der Waals surface area contributed by atoms with Crippen LogP contribution in [-0.2, 0) is 6.54 Å². The van der Waals surface area contributed by atoms with Crippen molar-refractivity contribution in [3.63, 3.8) is 0 Å². The number of hydrogen-bond acceptors (Lipinski definition) is 4. The maximum atomic E-state index is 13.7. The highest BCUT2D eigenvalue weighted by molar-refractivity contribution is 5.99. The molecule has 0 radical (unpaired) electrons. The third-order valence-electron chi connectivity index (χ3n) is 7.55. The van der Waals surface area contributed by atoms with Crippen LogP contribution in [0, 0.1) is 5.41 Å². The fraction of sp³-hybridized carbons (Fsp3) is 0.448. The van der Waals surface area contributed by atoms with E-state index in [1.54, 1.807) is 17.6 Å². The Balaban J connectivity index is 1.46. The van der Waals surface area contributed by atoms with Crippen LogP contribution in [0.5, 0.6) is 0 Å². The fourth-order valence-corrected chi connectivity index (χ4v) is 5.31. The molecule has 1 aliphatic carbocycles. The molecular weight excluding hydrogens is 438 g/mol. The summed E-state index contributed by atoms with van der Waals surface area (Å²) in [6, 6.07) is 15.7. The molecule has 2 N–H and O–H groups in total. The lowest BCUT2D eigenvalue weighted by Gasteiger charge is -2.44. The van der Waals surface area contributed by atoms with Crippen molar-refractivity contribution in [3.8, 4) is 0 Å². The zero-order valence-electron chi connectivity index (χ0n) is 21.3. The van der Waals surface area contributed by atoms with Gasteiger partial charge in [0.15, 0.2) is 0 Å². The van der Waals surface area contributed by atoms with Crippen molar-refractivity contribution in [2.75, 3.05) is 13.1 Å². The van der Waals surface area contributed by atoms with E-state index in [9.17, 15) is 9.59 Å². The number of nitrogens with one attached hydrogen (secondary N) is 1. The quantitative estimate of drug-likeness (QED) is 0.464. The Morgan fingerprint density at radius 2 is 1.69 bits per heavy atom. The fourth-order valence-electron chi connectivity index (χ4n) is 5.31. The maximum Gasteiger partial charge on any atom is 0.274 e. The Labute approximate surface area is 208 Å². The van der Waals surface area contributed by atoms with Gasteiger partial charge in [-0.3, -0.25) is 19.7 Å². The van der Waals surface area contributed by atoms with Crippen LogP contribution in [0.2, 0.25) is 0 Å². The topological polar surface area (TPSA) is 72.9 Å². The van der Waals surface area contributed by atoms with Gasteiger partial charge < -0.3 is 4.90 Å². The van der Waals surface area contributed by atoms with Crippen molar-refractivity contribution in [1.29, 1.82) is 0 Å². The first-order valence-electron chi connectivity index (χ1n) is 12.6. The largest absolute Gasteiger partial charge is 0.336 e. The van der Waals surface area contributed by atoms with Crippen LogP contribution in [-0.4, -0.2) is 52.0 Å². The zero-order valence-corrected chi connectivity index (χ0v) is 21.3. The van der Waals surface area contributed by atoms with E-state index in [0.29, 0.717) is 24.1 Å². The van der Waals surface area contributed by atoms with E-state index >= 15 is 0 Å². The predicted octanol–water partition coefficient (Wildman–Crippen LogP) is 5.13. The van der Waals surface area contributed by atoms with E-state index in [1.165, 1.54) is 5.57 Å². The number of hydrogen-bond donors (Lipinski definition) is 2. The van der Waals surface area contributed by atoms with Crippen molar-refractivity contribution in [3.05, 3.63) is 76.9 Å². The minimum absolute atomic E-state index is 0.115. The molecule has 0 bridgehead atoms. The molecule has 6 heteroatoms. The first-order valence-corrected chi connectivity index (χ1v) is 12.6. The number of hydroxylamine groups is 1. The van der Waals surface area contributed by atoms with E-state index in [0.717, 1.165) is 42.5 Å². The molecule has 2 atom stereocenters. The van der Waals surface area contributed by atoms with Crippen LogP contribution >= 0.6 is 0 Å². The maximum absolute atomic E-state index is 13.7.